The second-order valence-electron chi connectivity index (χ2n) is 4.54. The van der Waals surface area contributed by atoms with E-state index < -0.39 is 0 Å². The first-order valence-electron chi connectivity index (χ1n) is 6.22. The number of likely N-dealkylation sites (tertiary alicyclic amines) is 1. The van der Waals surface area contributed by atoms with E-state index in [1.807, 2.05) is 6.07 Å². The molecule has 1 saturated heterocycles. The number of nitrogens with zero attached hydrogens (tertiary/aromatic N) is 3. The predicted molar refractivity (Wildman–Crippen MR) is 70.4 cm³/mol. The van der Waals surface area contributed by atoms with Crippen LogP contribution in [0.25, 0.3) is 0 Å². The molecule has 0 saturated carbocycles. The maximum atomic E-state index is 5.74. The number of halogens is 1. The van der Waals surface area contributed by atoms with Crippen LogP contribution in [0.1, 0.15) is 26.2 Å². The third-order valence-electron chi connectivity index (χ3n) is 3.22. The normalized spacial score (nSPS) is 18.9. The van der Waals surface area contributed by atoms with Gasteiger partial charge in [-0.15, -0.1) is 0 Å². The molecular formula is C12H19ClN4. The molecule has 0 bridgehead atoms. The largest absolute Gasteiger partial charge is 0.368 e. The minimum atomic E-state index is 0.292. The van der Waals surface area contributed by atoms with Crippen molar-refractivity contribution in [1.82, 2.24) is 14.9 Å². The minimum Gasteiger partial charge on any atom is -0.368 e. The van der Waals surface area contributed by atoms with Crippen LogP contribution in [0, 0.1) is 0 Å². The summed E-state index contributed by atoms with van der Waals surface area (Å²) in [5.74, 6) is 0.800. The van der Waals surface area contributed by atoms with Crippen molar-refractivity contribution in [1.29, 1.82) is 0 Å². The van der Waals surface area contributed by atoms with E-state index in [1.165, 1.54) is 32.4 Å². The lowest BCUT2D eigenvalue weighted by atomic mass is 10.1. The van der Waals surface area contributed by atoms with E-state index in [2.05, 4.69) is 27.1 Å². The summed E-state index contributed by atoms with van der Waals surface area (Å²) < 4.78 is 0. The molecule has 17 heavy (non-hydrogen) atoms. The van der Waals surface area contributed by atoms with Crippen molar-refractivity contribution < 1.29 is 0 Å². The lowest BCUT2D eigenvalue weighted by Gasteiger charge is -2.32. The minimum absolute atomic E-state index is 0.292. The number of nitrogens with one attached hydrogen (secondary N) is 1. The maximum absolute atomic E-state index is 5.74. The van der Waals surface area contributed by atoms with Gasteiger partial charge in [-0.1, -0.05) is 6.42 Å². The topological polar surface area (TPSA) is 41.1 Å². The van der Waals surface area contributed by atoms with Crippen molar-refractivity contribution in [2.24, 2.45) is 0 Å². The van der Waals surface area contributed by atoms with Crippen molar-refractivity contribution >= 4 is 17.4 Å². The number of piperidine rings is 1. The van der Waals surface area contributed by atoms with Crippen molar-refractivity contribution in [3.05, 3.63) is 17.5 Å². The van der Waals surface area contributed by atoms with E-state index in [0.717, 1.165) is 12.4 Å². The van der Waals surface area contributed by atoms with Gasteiger partial charge < -0.3 is 5.32 Å². The molecule has 4 nitrogen and oxygen atoms in total. The van der Waals surface area contributed by atoms with Gasteiger partial charge in [0.05, 0.1) is 0 Å². The average Bonchev–Trinajstić information content (AvgIpc) is 2.37. The highest BCUT2D eigenvalue weighted by atomic mass is 35.5. The Balaban J connectivity index is 1.80. The molecule has 1 atom stereocenters. The molecule has 1 aliphatic rings. The molecule has 2 heterocycles. The van der Waals surface area contributed by atoms with Gasteiger partial charge in [-0.25, -0.2) is 9.97 Å². The van der Waals surface area contributed by atoms with Gasteiger partial charge in [0.25, 0.3) is 0 Å². The van der Waals surface area contributed by atoms with E-state index in [9.17, 15) is 0 Å². The molecule has 2 rings (SSSR count). The van der Waals surface area contributed by atoms with Gasteiger partial charge in [-0.2, -0.15) is 0 Å². The van der Waals surface area contributed by atoms with Crippen molar-refractivity contribution in [2.75, 3.05) is 25.0 Å². The van der Waals surface area contributed by atoms with Crippen LogP contribution in [0.3, 0.4) is 0 Å². The van der Waals surface area contributed by atoms with Crippen LogP contribution in [-0.4, -0.2) is 40.5 Å². The summed E-state index contributed by atoms with van der Waals surface area (Å²) in [5, 5.41) is 3.60. The second-order valence-corrected chi connectivity index (χ2v) is 4.88. The molecule has 1 aliphatic heterocycles. The van der Waals surface area contributed by atoms with Gasteiger partial charge in [-0.3, -0.25) is 4.90 Å². The smallest absolute Gasteiger partial charge is 0.224 e. The highest BCUT2D eigenvalue weighted by Crippen LogP contribution is 2.13. The number of anilines is 1. The fraction of sp³-hybridized carbons (Fsp3) is 0.667. The lowest BCUT2D eigenvalue weighted by molar-refractivity contribution is 0.180. The van der Waals surface area contributed by atoms with E-state index in [-0.39, 0.29) is 0 Å². The van der Waals surface area contributed by atoms with E-state index >= 15 is 0 Å². The first-order valence-corrected chi connectivity index (χ1v) is 6.60. The summed E-state index contributed by atoms with van der Waals surface area (Å²) in [7, 11) is 0. The number of rotatable bonds is 4. The van der Waals surface area contributed by atoms with Crippen molar-refractivity contribution in [2.45, 2.75) is 32.2 Å². The van der Waals surface area contributed by atoms with Gasteiger partial charge in [0.15, 0.2) is 0 Å². The number of aromatic nitrogens is 2. The van der Waals surface area contributed by atoms with Crippen LogP contribution in [0.2, 0.25) is 5.28 Å². The molecule has 0 spiro atoms. The van der Waals surface area contributed by atoms with Crippen LogP contribution in [0.4, 0.5) is 5.82 Å². The zero-order valence-corrected chi connectivity index (χ0v) is 11.0. The van der Waals surface area contributed by atoms with E-state index in [0.29, 0.717) is 11.3 Å². The maximum Gasteiger partial charge on any atom is 0.224 e. The molecule has 1 aromatic heterocycles. The van der Waals surface area contributed by atoms with Gasteiger partial charge in [0.2, 0.25) is 5.28 Å². The summed E-state index contributed by atoms with van der Waals surface area (Å²) in [5.41, 5.74) is 0. The van der Waals surface area contributed by atoms with E-state index in [1.54, 1.807) is 6.20 Å². The Labute approximate surface area is 107 Å². The van der Waals surface area contributed by atoms with Gasteiger partial charge in [0.1, 0.15) is 5.82 Å². The van der Waals surface area contributed by atoms with E-state index in [4.69, 9.17) is 11.6 Å². The zero-order chi connectivity index (χ0) is 12.1. The summed E-state index contributed by atoms with van der Waals surface area (Å²) in [6.07, 6.45) is 5.69. The molecular weight excluding hydrogens is 236 g/mol. The highest BCUT2D eigenvalue weighted by molar-refractivity contribution is 6.28. The molecule has 1 fully saturated rings. The predicted octanol–water partition coefficient (Wildman–Crippen LogP) is 2.42. The van der Waals surface area contributed by atoms with Crippen LogP contribution < -0.4 is 5.32 Å². The Morgan fingerprint density at radius 2 is 2.18 bits per heavy atom. The molecule has 1 unspecified atom stereocenters. The van der Waals surface area contributed by atoms with Gasteiger partial charge in [0, 0.05) is 18.8 Å². The van der Waals surface area contributed by atoms with Gasteiger partial charge in [-0.05, 0) is 50.5 Å². The second kappa shape index (κ2) is 6.17. The third kappa shape index (κ3) is 3.82. The van der Waals surface area contributed by atoms with Crippen molar-refractivity contribution in [3.63, 3.8) is 0 Å². The summed E-state index contributed by atoms with van der Waals surface area (Å²) in [4.78, 5) is 10.5. The first kappa shape index (κ1) is 12.6. The molecule has 1 aromatic rings. The monoisotopic (exact) mass is 254 g/mol. The molecule has 1 N–H and O–H groups in total. The molecule has 0 aromatic carbocycles. The fourth-order valence-corrected chi connectivity index (χ4v) is 2.32. The Kier molecular flexibility index (Phi) is 4.57. The summed E-state index contributed by atoms with van der Waals surface area (Å²) in [6.45, 7) is 5.58. The first-order chi connectivity index (χ1) is 8.25. The average molecular weight is 255 g/mol. The highest BCUT2D eigenvalue weighted by Gasteiger charge is 2.16. The third-order valence-corrected chi connectivity index (χ3v) is 3.40. The number of hydrogen-bond acceptors (Lipinski definition) is 4. The number of hydrogen-bond donors (Lipinski definition) is 1. The summed E-state index contributed by atoms with van der Waals surface area (Å²) >= 11 is 5.74. The van der Waals surface area contributed by atoms with Crippen LogP contribution in [0.5, 0.6) is 0 Å². The van der Waals surface area contributed by atoms with Crippen LogP contribution >= 0.6 is 11.6 Å². The quantitative estimate of drug-likeness (QED) is 0.838. The summed E-state index contributed by atoms with van der Waals surface area (Å²) in [6, 6.07) is 2.37. The SMILES string of the molecule is CC(CNc1ccnc(Cl)n1)N1CCCCC1. The Bertz CT molecular complexity index is 352. The standard InChI is InChI=1S/C12H19ClN4/c1-10(17-7-3-2-4-8-17)9-15-11-5-6-14-12(13)16-11/h5-6,10H,2-4,7-9H2,1H3,(H,14,15,16). The molecule has 0 amide bonds. The van der Waals surface area contributed by atoms with Crippen LogP contribution in [-0.2, 0) is 0 Å². The Hall–Kier alpha value is -0.870. The Morgan fingerprint density at radius 3 is 2.88 bits per heavy atom. The lowest BCUT2D eigenvalue weighted by Crippen LogP contribution is -2.41. The Morgan fingerprint density at radius 1 is 1.41 bits per heavy atom. The zero-order valence-electron chi connectivity index (χ0n) is 10.2. The molecule has 0 radical (unpaired) electrons. The van der Waals surface area contributed by atoms with Crippen LogP contribution in [0.15, 0.2) is 12.3 Å². The van der Waals surface area contributed by atoms with Crippen molar-refractivity contribution in [3.8, 4) is 0 Å². The molecule has 94 valence electrons. The molecule has 5 heteroatoms. The fourth-order valence-electron chi connectivity index (χ4n) is 2.17. The van der Waals surface area contributed by atoms with Gasteiger partial charge >= 0.3 is 0 Å². The molecule has 0 aliphatic carbocycles.